The zero-order chi connectivity index (χ0) is 17.4. The number of aliphatic hydroxyl groups is 1. The summed E-state index contributed by atoms with van der Waals surface area (Å²) in [6.07, 6.45) is 3.30. The number of hydrogen-bond acceptors (Lipinski definition) is 2. The van der Waals surface area contributed by atoms with Crippen molar-refractivity contribution >= 4 is 0 Å². The number of ether oxygens (including phenoxy) is 1. The summed E-state index contributed by atoms with van der Waals surface area (Å²) in [5.74, 6) is -0.249. The number of rotatable bonds is 6. The number of fused-ring (bicyclic) bond motifs is 2. The van der Waals surface area contributed by atoms with Crippen molar-refractivity contribution < 1.29 is 19.1 Å². The predicted molar refractivity (Wildman–Crippen MR) is 92.3 cm³/mol. The molecule has 1 aromatic rings. The second-order valence-corrected chi connectivity index (χ2v) is 9.06. The molecule has 2 fully saturated rings. The van der Waals surface area contributed by atoms with Crippen LogP contribution in [0.5, 0.6) is 0 Å². The predicted octanol–water partition coefficient (Wildman–Crippen LogP) is 2.19. The first-order chi connectivity index (χ1) is 11.3. The van der Waals surface area contributed by atoms with E-state index in [-0.39, 0.29) is 19.0 Å². The van der Waals surface area contributed by atoms with E-state index in [0.717, 1.165) is 13.1 Å². The number of quaternary nitrogens is 1. The normalized spacial score (nSPS) is 32.7. The number of aliphatic hydroxyl groups excluding tert-OH is 1. The van der Waals surface area contributed by atoms with E-state index >= 15 is 0 Å². The second kappa shape index (κ2) is 6.74. The van der Waals surface area contributed by atoms with Gasteiger partial charge in [0.15, 0.2) is 0 Å². The minimum Gasteiger partial charge on any atom is -0.385 e. The van der Waals surface area contributed by atoms with Crippen molar-refractivity contribution in [1.82, 2.24) is 0 Å². The topological polar surface area (TPSA) is 33.9 Å². The van der Waals surface area contributed by atoms with Gasteiger partial charge in [-0.05, 0) is 17.9 Å². The van der Waals surface area contributed by atoms with E-state index in [1.807, 2.05) is 0 Å². The van der Waals surface area contributed by atoms with Crippen molar-refractivity contribution in [3.63, 3.8) is 0 Å². The molecule has 1 aliphatic heterocycles. The monoisotopic (exact) mass is 336 g/mol. The maximum atomic E-state index is 13.6. The van der Waals surface area contributed by atoms with Crippen LogP contribution in [0, 0.1) is 16.6 Å². The molecular weight excluding hydrogens is 305 g/mol. The van der Waals surface area contributed by atoms with Crippen molar-refractivity contribution in [1.29, 1.82) is 0 Å². The van der Waals surface area contributed by atoms with E-state index in [9.17, 15) is 9.50 Å². The molecule has 24 heavy (non-hydrogen) atoms. The van der Waals surface area contributed by atoms with Crippen LogP contribution in [0.4, 0.5) is 4.39 Å². The summed E-state index contributed by atoms with van der Waals surface area (Å²) in [7, 11) is 0. The Morgan fingerprint density at radius 2 is 2.04 bits per heavy atom. The fourth-order valence-electron chi connectivity index (χ4n) is 5.27. The molecule has 4 heteroatoms. The number of likely N-dealkylation sites (tertiary alicyclic amines) is 1. The Labute approximate surface area is 144 Å². The largest absolute Gasteiger partial charge is 0.385 e. The average molecular weight is 336 g/mol. The molecule has 1 saturated carbocycles. The Bertz CT molecular complexity index is 577. The highest BCUT2D eigenvalue weighted by Gasteiger charge is 2.52. The number of benzene rings is 1. The van der Waals surface area contributed by atoms with Gasteiger partial charge in [0.05, 0.1) is 25.8 Å². The summed E-state index contributed by atoms with van der Waals surface area (Å²) in [4.78, 5) is 1.52. The molecule has 1 aliphatic carbocycles. The van der Waals surface area contributed by atoms with Crippen LogP contribution in [0.1, 0.15) is 45.6 Å². The minimum atomic E-state index is -0.488. The molecular formula is C20H31FNO2+. The highest BCUT2D eigenvalue weighted by atomic mass is 19.1. The van der Waals surface area contributed by atoms with Gasteiger partial charge in [0.25, 0.3) is 0 Å². The molecule has 4 atom stereocenters. The van der Waals surface area contributed by atoms with Gasteiger partial charge in [-0.2, -0.15) is 0 Å². The lowest BCUT2D eigenvalue weighted by Gasteiger charge is -2.37. The third-order valence-electron chi connectivity index (χ3n) is 5.70. The average Bonchev–Trinajstić information content (AvgIpc) is 2.69. The Balaban J connectivity index is 1.47. The Morgan fingerprint density at radius 1 is 1.29 bits per heavy atom. The SMILES string of the molecule is CC1(C)C[C@H]2C[C@](C)(C[NH+]2C[C@@H](O)COCc2ccccc2F)C1. The fraction of sp³-hybridized carbons (Fsp3) is 0.700. The molecule has 1 heterocycles. The first-order valence-electron chi connectivity index (χ1n) is 9.10. The van der Waals surface area contributed by atoms with Crippen LogP contribution in [-0.4, -0.2) is 36.9 Å². The maximum Gasteiger partial charge on any atom is 0.128 e. The van der Waals surface area contributed by atoms with Crippen LogP contribution < -0.4 is 4.90 Å². The van der Waals surface area contributed by atoms with Gasteiger partial charge in [-0.15, -0.1) is 0 Å². The Morgan fingerprint density at radius 3 is 2.79 bits per heavy atom. The second-order valence-electron chi connectivity index (χ2n) is 9.06. The molecule has 1 saturated heterocycles. The molecule has 3 nitrogen and oxygen atoms in total. The van der Waals surface area contributed by atoms with Crippen molar-refractivity contribution in [2.24, 2.45) is 10.8 Å². The zero-order valence-electron chi connectivity index (χ0n) is 15.1. The fourth-order valence-corrected chi connectivity index (χ4v) is 5.27. The van der Waals surface area contributed by atoms with Crippen LogP contribution >= 0.6 is 0 Å². The van der Waals surface area contributed by atoms with E-state index in [1.54, 1.807) is 18.2 Å². The highest BCUT2D eigenvalue weighted by molar-refractivity contribution is 5.16. The van der Waals surface area contributed by atoms with Crippen molar-refractivity contribution in [3.8, 4) is 0 Å². The van der Waals surface area contributed by atoms with Gasteiger partial charge in [0.1, 0.15) is 18.5 Å². The highest BCUT2D eigenvalue weighted by Crippen LogP contribution is 2.47. The molecule has 1 aromatic carbocycles. The van der Waals surface area contributed by atoms with Gasteiger partial charge in [-0.1, -0.05) is 39.0 Å². The third kappa shape index (κ3) is 4.16. The van der Waals surface area contributed by atoms with Gasteiger partial charge in [0.2, 0.25) is 0 Å². The summed E-state index contributed by atoms with van der Waals surface area (Å²) in [5.41, 5.74) is 1.37. The van der Waals surface area contributed by atoms with Crippen molar-refractivity contribution in [3.05, 3.63) is 35.6 Å². The Hall–Kier alpha value is -0.970. The van der Waals surface area contributed by atoms with Gasteiger partial charge >= 0.3 is 0 Å². The van der Waals surface area contributed by atoms with Crippen LogP contribution in [0.15, 0.2) is 24.3 Å². The molecule has 2 bridgehead atoms. The third-order valence-corrected chi connectivity index (χ3v) is 5.70. The van der Waals surface area contributed by atoms with E-state index in [2.05, 4.69) is 20.8 Å². The van der Waals surface area contributed by atoms with Gasteiger partial charge in [-0.25, -0.2) is 4.39 Å². The number of halogens is 1. The summed E-state index contributed by atoms with van der Waals surface area (Å²) in [6.45, 7) is 9.49. The molecule has 2 N–H and O–H groups in total. The molecule has 2 aliphatic rings. The molecule has 3 rings (SSSR count). The first kappa shape index (κ1) is 17.8. The van der Waals surface area contributed by atoms with Crippen molar-refractivity contribution in [2.45, 2.75) is 58.8 Å². The van der Waals surface area contributed by atoms with E-state index in [4.69, 9.17) is 4.74 Å². The van der Waals surface area contributed by atoms with Crippen molar-refractivity contribution in [2.75, 3.05) is 19.7 Å². The van der Waals surface area contributed by atoms with Crippen LogP contribution in [0.3, 0.4) is 0 Å². The lowest BCUT2D eigenvalue weighted by Crippen LogP contribution is -3.15. The lowest BCUT2D eigenvalue weighted by molar-refractivity contribution is -0.917. The molecule has 134 valence electrons. The Kier molecular flexibility index (Phi) is 5.01. The van der Waals surface area contributed by atoms with Gasteiger partial charge in [0, 0.05) is 23.8 Å². The number of hydrogen-bond donors (Lipinski definition) is 2. The molecule has 0 radical (unpaired) electrons. The van der Waals surface area contributed by atoms with E-state index < -0.39 is 6.10 Å². The van der Waals surface area contributed by atoms with Crippen LogP contribution in [-0.2, 0) is 11.3 Å². The molecule has 0 spiro atoms. The number of nitrogens with one attached hydrogen (secondary N) is 1. The van der Waals surface area contributed by atoms with Crippen LogP contribution in [0.25, 0.3) is 0 Å². The molecule has 0 amide bonds. The minimum absolute atomic E-state index is 0.216. The smallest absolute Gasteiger partial charge is 0.128 e. The standard InChI is InChI=1S/C20H30FNO2/c1-19(2)8-16-9-20(3,13-19)14-22(16)10-17(23)12-24-11-15-6-4-5-7-18(15)21/h4-7,16-17,23H,8-14H2,1-3H3/p+1/t16-,17+,20-/m0/s1. The van der Waals surface area contributed by atoms with E-state index in [0.29, 0.717) is 22.4 Å². The van der Waals surface area contributed by atoms with E-state index in [1.165, 1.54) is 30.2 Å². The van der Waals surface area contributed by atoms with Gasteiger partial charge < -0.3 is 14.7 Å². The molecule has 0 aromatic heterocycles. The maximum absolute atomic E-state index is 13.6. The zero-order valence-corrected chi connectivity index (χ0v) is 15.1. The van der Waals surface area contributed by atoms with Gasteiger partial charge in [-0.3, -0.25) is 0 Å². The van der Waals surface area contributed by atoms with Crippen LogP contribution in [0.2, 0.25) is 0 Å². The summed E-state index contributed by atoms with van der Waals surface area (Å²) >= 11 is 0. The quantitative estimate of drug-likeness (QED) is 0.835. The summed E-state index contributed by atoms with van der Waals surface area (Å²) < 4.78 is 19.1. The first-order valence-corrected chi connectivity index (χ1v) is 9.10. The molecule has 1 unspecified atom stereocenters. The summed E-state index contributed by atoms with van der Waals surface area (Å²) in [6, 6.07) is 7.28. The lowest BCUT2D eigenvalue weighted by atomic mass is 9.65. The summed E-state index contributed by atoms with van der Waals surface area (Å²) in [5, 5.41) is 10.4.